The van der Waals surface area contributed by atoms with Gasteiger partial charge in [0, 0.05) is 16.8 Å². The summed E-state index contributed by atoms with van der Waals surface area (Å²) in [5.74, 6) is 3.94. The number of amides is 1. The first-order chi connectivity index (χ1) is 12.0. The van der Waals surface area contributed by atoms with Crippen LogP contribution in [0, 0.1) is 37.0 Å². The number of hydrogen-bond donors (Lipinski definition) is 1. The molecule has 0 atom stereocenters. The van der Waals surface area contributed by atoms with E-state index in [0.717, 1.165) is 54.2 Å². The highest BCUT2D eigenvalue weighted by Crippen LogP contribution is 2.60. The zero-order chi connectivity index (χ0) is 17.2. The molecule has 0 radical (unpaired) electrons. The van der Waals surface area contributed by atoms with Crippen LogP contribution < -0.4 is 5.32 Å². The van der Waals surface area contributed by atoms with Gasteiger partial charge in [-0.2, -0.15) is 0 Å². The largest absolute Gasteiger partial charge is 0.348 e. The molecule has 0 aromatic carbocycles. The van der Waals surface area contributed by atoms with Crippen molar-refractivity contribution in [3.05, 3.63) is 23.3 Å². The highest BCUT2D eigenvalue weighted by Gasteiger charge is 2.54. The minimum absolute atomic E-state index is 0.112. The highest BCUT2D eigenvalue weighted by molar-refractivity contribution is 5.83. The molecule has 2 aromatic heterocycles. The van der Waals surface area contributed by atoms with E-state index >= 15 is 0 Å². The molecule has 4 aliphatic rings. The third-order valence-corrected chi connectivity index (χ3v) is 6.69. The lowest BCUT2D eigenvalue weighted by Gasteiger charge is -2.55. The van der Waals surface area contributed by atoms with Gasteiger partial charge < -0.3 is 5.32 Å². The van der Waals surface area contributed by atoms with Gasteiger partial charge >= 0.3 is 0 Å². The van der Waals surface area contributed by atoms with Gasteiger partial charge in [-0.1, -0.05) is 0 Å². The van der Waals surface area contributed by atoms with E-state index in [-0.39, 0.29) is 11.3 Å². The molecule has 0 saturated heterocycles. The van der Waals surface area contributed by atoms with Crippen LogP contribution in [-0.4, -0.2) is 25.5 Å². The molecule has 4 bridgehead atoms. The van der Waals surface area contributed by atoms with Gasteiger partial charge in [-0.3, -0.25) is 9.20 Å². The van der Waals surface area contributed by atoms with Crippen LogP contribution in [0.4, 0.5) is 0 Å². The molecule has 25 heavy (non-hydrogen) atoms. The summed E-state index contributed by atoms with van der Waals surface area (Å²) >= 11 is 0. The van der Waals surface area contributed by atoms with E-state index in [1.165, 1.54) is 19.3 Å². The van der Waals surface area contributed by atoms with Gasteiger partial charge in [0.25, 0.3) is 5.78 Å². The van der Waals surface area contributed by atoms with Crippen molar-refractivity contribution < 1.29 is 4.79 Å². The van der Waals surface area contributed by atoms with Crippen molar-refractivity contribution >= 4 is 11.7 Å². The molecule has 1 N–H and O–H groups in total. The van der Waals surface area contributed by atoms with E-state index < -0.39 is 0 Å². The first-order valence-corrected chi connectivity index (χ1v) is 9.49. The topological polar surface area (TPSA) is 72.2 Å². The molecule has 6 nitrogen and oxygen atoms in total. The van der Waals surface area contributed by atoms with Crippen molar-refractivity contribution in [1.82, 2.24) is 24.9 Å². The Bertz CT molecular complexity index is 820. The second-order valence-electron chi connectivity index (χ2n) is 8.67. The summed E-state index contributed by atoms with van der Waals surface area (Å²) in [6, 6.07) is 2.01. The van der Waals surface area contributed by atoms with Gasteiger partial charge in [0.1, 0.15) is 0 Å². The molecular weight excluding hydrogens is 314 g/mol. The molecule has 4 aliphatic carbocycles. The van der Waals surface area contributed by atoms with E-state index in [9.17, 15) is 4.79 Å². The minimum atomic E-state index is -0.112. The molecule has 1 amide bonds. The van der Waals surface area contributed by atoms with Gasteiger partial charge in [-0.25, -0.2) is 4.98 Å². The first-order valence-electron chi connectivity index (χ1n) is 9.49. The van der Waals surface area contributed by atoms with Crippen molar-refractivity contribution in [2.75, 3.05) is 0 Å². The number of nitrogens with zero attached hydrogens (tertiary/aromatic N) is 4. The lowest BCUT2D eigenvalue weighted by molar-refractivity contribution is -0.146. The normalized spacial score (nSPS) is 33.1. The summed E-state index contributed by atoms with van der Waals surface area (Å²) in [4.78, 5) is 17.5. The van der Waals surface area contributed by atoms with Crippen LogP contribution in [0.25, 0.3) is 5.78 Å². The predicted octanol–water partition coefficient (Wildman–Crippen LogP) is 2.57. The Morgan fingerprint density at radius 3 is 2.44 bits per heavy atom. The van der Waals surface area contributed by atoms with E-state index in [4.69, 9.17) is 0 Å². The second kappa shape index (κ2) is 5.26. The Labute approximate surface area is 147 Å². The SMILES string of the molecule is Cc1cc(C)n2c(CNC(=O)C34CC5CC(CC(C5)C3)C4)nnc2n1. The predicted molar refractivity (Wildman–Crippen MR) is 92.7 cm³/mol. The highest BCUT2D eigenvalue weighted by atomic mass is 16.2. The van der Waals surface area contributed by atoms with Crippen LogP contribution in [0.2, 0.25) is 0 Å². The average Bonchev–Trinajstić information content (AvgIpc) is 2.94. The number of hydrogen-bond acceptors (Lipinski definition) is 4. The van der Waals surface area contributed by atoms with E-state index in [1.54, 1.807) is 0 Å². The zero-order valence-electron chi connectivity index (χ0n) is 15.0. The fourth-order valence-electron chi connectivity index (χ4n) is 6.15. The number of nitrogens with one attached hydrogen (secondary N) is 1. The van der Waals surface area contributed by atoms with Crippen LogP contribution in [-0.2, 0) is 11.3 Å². The lowest BCUT2D eigenvalue weighted by Crippen LogP contribution is -2.53. The van der Waals surface area contributed by atoms with Crippen LogP contribution in [0.5, 0.6) is 0 Å². The summed E-state index contributed by atoms with van der Waals surface area (Å²) in [7, 11) is 0. The summed E-state index contributed by atoms with van der Waals surface area (Å²) in [6.07, 6.45) is 7.32. The molecule has 4 saturated carbocycles. The number of aromatic nitrogens is 4. The summed E-state index contributed by atoms with van der Waals surface area (Å²) in [5.41, 5.74) is 1.87. The van der Waals surface area contributed by atoms with Crippen LogP contribution in [0.1, 0.15) is 55.7 Å². The van der Waals surface area contributed by atoms with Crippen molar-refractivity contribution in [1.29, 1.82) is 0 Å². The number of carbonyl (C=O) groups excluding carboxylic acids is 1. The molecule has 0 aliphatic heterocycles. The molecule has 4 fully saturated rings. The van der Waals surface area contributed by atoms with Crippen molar-refractivity contribution in [3.8, 4) is 0 Å². The fourth-order valence-corrected chi connectivity index (χ4v) is 6.15. The number of carbonyl (C=O) groups is 1. The molecule has 132 valence electrons. The Kier molecular flexibility index (Phi) is 3.21. The zero-order valence-corrected chi connectivity index (χ0v) is 15.0. The van der Waals surface area contributed by atoms with E-state index in [2.05, 4.69) is 20.5 Å². The monoisotopic (exact) mass is 339 g/mol. The van der Waals surface area contributed by atoms with Gasteiger partial charge in [0.05, 0.1) is 6.54 Å². The van der Waals surface area contributed by atoms with Crippen molar-refractivity contribution in [2.45, 2.75) is 58.9 Å². The van der Waals surface area contributed by atoms with Crippen molar-refractivity contribution in [3.63, 3.8) is 0 Å². The molecule has 0 spiro atoms. The van der Waals surface area contributed by atoms with Gasteiger partial charge in [0.15, 0.2) is 5.82 Å². The standard InChI is InChI=1S/C19H25N5O/c1-11-3-12(2)24-16(22-23-18(24)21-11)10-20-17(25)19-7-13-4-14(8-19)6-15(5-13)9-19/h3,13-15H,4-10H2,1-2H3,(H,20,25). The maximum atomic E-state index is 13.1. The summed E-state index contributed by atoms with van der Waals surface area (Å²) in [6.45, 7) is 4.40. The third-order valence-electron chi connectivity index (χ3n) is 6.69. The number of fused-ring (bicyclic) bond motifs is 1. The molecule has 0 unspecified atom stereocenters. The molecular formula is C19H25N5O. The average molecular weight is 339 g/mol. The van der Waals surface area contributed by atoms with Crippen molar-refractivity contribution in [2.24, 2.45) is 23.2 Å². The Balaban J connectivity index is 1.36. The lowest BCUT2D eigenvalue weighted by atomic mass is 9.49. The maximum Gasteiger partial charge on any atom is 0.255 e. The first kappa shape index (κ1) is 15.3. The molecule has 2 heterocycles. The van der Waals surface area contributed by atoms with Crippen LogP contribution in [0.3, 0.4) is 0 Å². The van der Waals surface area contributed by atoms with Gasteiger partial charge in [0.2, 0.25) is 5.91 Å². The maximum absolute atomic E-state index is 13.1. The van der Waals surface area contributed by atoms with Gasteiger partial charge in [-0.05, 0) is 76.2 Å². The van der Waals surface area contributed by atoms with E-state index in [0.29, 0.717) is 12.3 Å². The molecule has 6 heteroatoms. The molecule has 2 aromatic rings. The Morgan fingerprint density at radius 2 is 1.80 bits per heavy atom. The Morgan fingerprint density at radius 1 is 1.16 bits per heavy atom. The fraction of sp³-hybridized carbons (Fsp3) is 0.684. The smallest absolute Gasteiger partial charge is 0.255 e. The summed E-state index contributed by atoms with van der Waals surface area (Å²) < 4.78 is 1.94. The van der Waals surface area contributed by atoms with Gasteiger partial charge in [-0.15, -0.1) is 10.2 Å². The van der Waals surface area contributed by atoms with Crippen LogP contribution in [0.15, 0.2) is 6.07 Å². The second-order valence-corrected chi connectivity index (χ2v) is 8.67. The van der Waals surface area contributed by atoms with Crippen LogP contribution >= 0.6 is 0 Å². The minimum Gasteiger partial charge on any atom is -0.348 e. The third kappa shape index (κ3) is 2.37. The molecule has 6 rings (SSSR count). The number of aryl methyl sites for hydroxylation is 2. The Hall–Kier alpha value is -1.98. The quantitative estimate of drug-likeness (QED) is 0.933. The van der Waals surface area contributed by atoms with E-state index in [1.807, 2.05) is 24.3 Å². The summed E-state index contributed by atoms with van der Waals surface area (Å²) in [5, 5.41) is 11.6. The number of rotatable bonds is 3.